The fourth-order valence-corrected chi connectivity index (χ4v) is 3.37. The fraction of sp³-hybridized carbons (Fsp3) is 0.500. The van der Waals surface area contributed by atoms with Crippen molar-refractivity contribution in [2.75, 3.05) is 31.0 Å². The largest absolute Gasteiger partial charge is 0.354 e. The number of carbonyl (C=O) groups is 4. The van der Waals surface area contributed by atoms with Crippen LogP contribution in [0.5, 0.6) is 0 Å². The van der Waals surface area contributed by atoms with Crippen molar-refractivity contribution in [1.29, 1.82) is 0 Å². The van der Waals surface area contributed by atoms with E-state index in [2.05, 4.69) is 5.32 Å². The zero-order valence-electron chi connectivity index (χ0n) is 16.7. The third-order valence-electron chi connectivity index (χ3n) is 5.03. The second-order valence-electron chi connectivity index (χ2n) is 7.18. The second kappa shape index (κ2) is 8.71. The third-order valence-corrected chi connectivity index (χ3v) is 5.03. The number of methoxy groups -OCH3 is 2. The second-order valence-corrected chi connectivity index (χ2v) is 7.18. The summed E-state index contributed by atoms with van der Waals surface area (Å²) in [5, 5.41) is 2.63. The quantitative estimate of drug-likeness (QED) is 0.515. The molecule has 9 heteroatoms. The van der Waals surface area contributed by atoms with E-state index in [9.17, 15) is 19.2 Å². The average molecular weight is 403 g/mol. The summed E-state index contributed by atoms with van der Waals surface area (Å²) < 4.78 is 10.4. The number of imide groups is 1. The van der Waals surface area contributed by atoms with Gasteiger partial charge in [-0.1, -0.05) is 0 Å². The minimum atomic E-state index is -0.890. The van der Waals surface area contributed by atoms with Gasteiger partial charge in [0.1, 0.15) is 6.04 Å². The Kier molecular flexibility index (Phi) is 6.29. The molecule has 0 radical (unpaired) electrons. The van der Waals surface area contributed by atoms with Gasteiger partial charge >= 0.3 is 0 Å². The predicted molar refractivity (Wildman–Crippen MR) is 104 cm³/mol. The van der Waals surface area contributed by atoms with Gasteiger partial charge in [0.2, 0.25) is 17.7 Å². The van der Waals surface area contributed by atoms with Crippen LogP contribution in [0, 0.1) is 5.92 Å². The third kappa shape index (κ3) is 4.63. The van der Waals surface area contributed by atoms with Crippen molar-refractivity contribution in [2.45, 2.75) is 38.5 Å². The Hall–Kier alpha value is -2.78. The maximum atomic E-state index is 13.1. The first-order chi connectivity index (χ1) is 13.8. The highest BCUT2D eigenvalue weighted by atomic mass is 16.7. The van der Waals surface area contributed by atoms with Gasteiger partial charge in [0.15, 0.2) is 6.29 Å². The van der Waals surface area contributed by atoms with E-state index in [1.165, 1.54) is 26.0 Å². The molecule has 0 bridgehead atoms. The first-order valence-electron chi connectivity index (χ1n) is 9.46. The SMILES string of the molecule is COC(CN(C(=O)C1CC1)C1CC(=O)N(c2ccc(NC(C)=O)cc2)C1=O)OC. The van der Waals surface area contributed by atoms with Crippen LogP contribution < -0.4 is 10.2 Å². The van der Waals surface area contributed by atoms with Crippen molar-refractivity contribution in [3.63, 3.8) is 0 Å². The number of benzene rings is 1. The molecular weight excluding hydrogens is 378 g/mol. The van der Waals surface area contributed by atoms with Gasteiger partial charge in [0, 0.05) is 32.7 Å². The molecule has 1 aliphatic carbocycles. The van der Waals surface area contributed by atoms with Crippen molar-refractivity contribution in [1.82, 2.24) is 4.90 Å². The van der Waals surface area contributed by atoms with E-state index in [0.717, 1.165) is 17.7 Å². The van der Waals surface area contributed by atoms with Gasteiger partial charge in [0.05, 0.1) is 18.7 Å². The number of amides is 4. The van der Waals surface area contributed by atoms with Crippen LogP contribution in [-0.4, -0.2) is 61.6 Å². The van der Waals surface area contributed by atoms with Crippen LogP contribution in [0.15, 0.2) is 24.3 Å². The van der Waals surface area contributed by atoms with Crippen molar-refractivity contribution < 1.29 is 28.7 Å². The molecule has 1 aromatic rings. The fourth-order valence-electron chi connectivity index (χ4n) is 3.37. The van der Waals surface area contributed by atoms with E-state index in [-0.39, 0.29) is 36.6 Å². The van der Waals surface area contributed by atoms with E-state index >= 15 is 0 Å². The molecule has 1 atom stereocenters. The Morgan fingerprint density at radius 1 is 1.17 bits per heavy atom. The van der Waals surface area contributed by atoms with Crippen LogP contribution >= 0.6 is 0 Å². The number of carbonyl (C=O) groups excluding carboxylic acids is 4. The van der Waals surface area contributed by atoms with Crippen LogP contribution in [0.4, 0.5) is 11.4 Å². The van der Waals surface area contributed by atoms with Crippen molar-refractivity contribution in [3.05, 3.63) is 24.3 Å². The number of hydrogen-bond donors (Lipinski definition) is 1. The molecule has 1 saturated heterocycles. The summed E-state index contributed by atoms with van der Waals surface area (Å²) in [7, 11) is 2.91. The molecule has 1 N–H and O–H groups in total. The van der Waals surface area contributed by atoms with Crippen LogP contribution in [0.1, 0.15) is 26.2 Å². The maximum absolute atomic E-state index is 13.1. The smallest absolute Gasteiger partial charge is 0.257 e. The van der Waals surface area contributed by atoms with Gasteiger partial charge < -0.3 is 19.7 Å². The molecule has 29 heavy (non-hydrogen) atoms. The predicted octanol–water partition coefficient (Wildman–Crippen LogP) is 1.13. The standard InChI is InChI=1S/C20H25N3O6/c1-12(24)21-14-6-8-15(9-7-14)23-17(25)10-16(20(23)27)22(11-18(28-2)29-3)19(26)13-4-5-13/h6-9,13,16,18H,4-5,10-11H2,1-3H3,(H,21,24). The molecule has 0 aromatic heterocycles. The number of nitrogens with one attached hydrogen (secondary N) is 1. The molecule has 2 aliphatic rings. The molecule has 3 rings (SSSR count). The Morgan fingerprint density at radius 3 is 2.31 bits per heavy atom. The van der Waals surface area contributed by atoms with Crippen LogP contribution in [-0.2, 0) is 28.7 Å². The highest BCUT2D eigenvalue weighted by Gasteiger charge is 2.47. The Bertz CT molecular complexity index is 801. The van der Waals surface area contributed by atoms with E-state index in [1.54, 1.807) is 24.3 Å². The summed E-state index contributed by atoms with van der Waals surface area (Å²) in [4.78, 5) is 52.2. The number of rotatable bonds is 8. The van der Waals surface area contributed by atoms with Gasteiger partial charge in [-0.3, -0.25) is 19.2 Å². The minimum absolute atomic E-state index is 0.0708. The van der Waals surface area contributed by atoms with E-state index in [1.807, 2.05) is 0 Å². The molecule has 156 valence electrons. The monoisotopic (exact) mass is 403 g/mol. The van der Waals surface area contributed by atoms with Crippen LogP contribution in [0.2, 0.25) is 0 Å². The first-order valence-corrected chi connectivity index (χ1v) is 9.46. The molecule has 1 aromatic carbocycles. The maximum Gasteiger partial charge on any atom is 0.257 e. The molecule has 4 amide bonds. The van der Waals surface area contributed by atoms with Gasteiger partial charge in [-0.15, -0.1) is 0 Å². The van der Waals surface area contributed by atoms with Crippen LogP contribution in [0.3, 0.4) is 0 Å². The minimum Gasteiger partial charge on any atom is -0.354 e. The molecule has 1 aliphatic heterocycles. The van der Waals surface area contributed by atoms with Crippen LogP contribution in [0.25, 0.3) is 0 Å². The Balaban J connectivity index is 1.81. The Morgan fingerprint density at radius 2 is 1.79 bits per heavy atom. The lowest BCUT2D eigenvalue weighted by atomic mass is 10.1. The molecule has 2 fully saturated rings. The first kappa shape index (κ1) is 20.9. The van der Waals surface area contributed by atoms with Gasteiger partial charge in [0.25, 0.3) is 5.91 Å². The number of anilines is 2. The van der Waals surface area contributed by atoms with Gasteiger partial charge in [-0.25, -0.2) is 4.90 Å². The number of nitrogens with zero attached hydrogens (tertiary/aromatic N) is 2. The molecule has 1 heterocycles. The van der Waals surface area contributed by atoms with Crippen molar-refractivity contribution in [2.24, 2.45) is 5.92 Å². The zero-order chi connectivity index (χ0) is 21.1. The lowest BCUT2D eigenvalue weighted by molar-refractivity contribution is -0.153. The van der Waals surface area contributed by atoms with Crippen molar-refractivity contribution >= 4 is 35.0 Å². The molecule has 0 spiro atoms. The molecule has 1 saturated carbocycles. The highest BCUT2D eigenvalue weighted by Crippen LogP contribution is 2.34. The van der Waals surface area contributed by atoms with E-state index in [4.69, 9.17) is 9.47 Å². The lowest BCUT2D eigenvalue weighted by Gasteiger charge is -2.30. The summed E-state index contributed by atoms with van der Waals surface area (Å²) in [6.45, 7) is 1.46. The molecule has 1 unspecified atom stereocenters. The highest BCUT2D eigenvalue weighted by molar-refractivity contribution is 6.23. The normalized spacial score (nSPS) is 19.0. The number of hydrogen-bond acceptors (Lipinski definition) is 6. The Labute approximate surface area is 168 Å². The van der Waals surface area contributed by atoms with E-state index in [0.29, 0.717) is 11.4 Å². The molecule has 9 nitrogen and oxygen atoms in total. The zero-order valence-corrected chi connectivity index (χ0v) is 16.7. The summed E-state index contributed by atoms with van der Waals surface area (Å²) in [6, 6.07) is 5.51. The van der Waals surface area contributed by atoms with Gasteiger partial charge in [-0.2, -0.15) is 0 Å². The van der Waals surface area contributed by atoms with Gasteiger partial charge in [-0.05, 0) is 37.1 Å². The summed E-state index contributed by atoms with van der Waals surface area (Å²) in [6.07, 6.45) is 0.781. The lowest BCUT2D eigenvalue weighted by Crippen LogP contribution is -2.49. The molecular formula is C20H25N3O6. The van der Waals surface area contributed by atoms with Crippen molar-refractivity contribution in [3.8, 4) is 0 Å². The topological polar surface area (TPSA) is 105 Å². The average Bonchev–Trinajstić information content (AvgIpc) is 3.49. The summed E-state index contributed by atoms with van der Waals surface area (Å²) in [5.41, 5.74) is 0.955. The number of ether oxygens (including phenoxy) is 2. The van der Waals surface area contributed by atoms with E-state index < -0.39 is 18.2 Å². The summed E-state index contributed by atoms with van der Waals surface area (Å²) >= 11 is 0. The summed E-state index contributed by atoms with van der Waals surface area (Å²) in [5.74, 6) is -1.32.